The Kier molecular flexibility index (Phi) is 51.3. The van der Waals surface area contributed by atoms with Crippen molar-refractivity contribution in [1.29, 1.82) is 0 Å². The molecule has 0 aromatic carbocycles. The van der Waals surface area contributed by atoms with E-state index >= 15 is 0 Å². The molecule has 0 aliphatic heterocycles. The second-order valence-electron chi connectivity index (χ2n) is 17.4. The van der Waals surface area contributed by atoms with E-state index in [0.717, 1.165) is 89.9 Å². The summed E-state index contributed by atoms with van der Waals surface area (Å²) in [5.74, 6) is -0.343. The van der Waals surface area contributed by atoms with E-state index in [1.54, 1.807) is 0 Å². The minimum absolute atomic E-state index is 0.0924. The van der Waals surface area contributed by atoms with E-state index in [1.165, 1.54) is 109 Å². The lowest BCUT2D eigenvalue weighted by atomic mass is 10.1. The van der Waals surface area contributed by atoms with Gasteiger partial charge < -0.3 is 20.1 Å². The predicted octanol–water partition coefficient (Wildman–Crippen LogP) is 17.0. The van der Waals surface area contributed by atoms with Crippen molar-refractivity contribution in [2.75, 3.05) is 33.0 Å². The summed E-state index contributed by atoms with van der Waals surface area (Å²) in [7, 11) is -4.30. The van der Waals surface area contributed by atoms with Crippen molar-refractivity contribution in [2.24, 2.45) is 5.73 Å². The van der Waals surface area contributed by atoms with Crippen LogP contribution in [0.25, 0.3) is 0 Å². The number of phosphoric ester groups is 1. The fraction of sp³-hybridized carbons (Fsp3) is 0.702. The third-order valence-corrected chi connectivity index (χ3v) is 12.0. The van der Waals surface area contributed by atoms with Gasteiger partial charge in [-0.15, -0.1) is 0 Å². The van der Waals surface area contributed by atoms with Crippen LogP contribution in [0.1, 0.15) is 219 Å². The number of nitrogens with two attached hydrogens (primary N) is 1. The molecule has 0 spiro atoms. The van der Waals surface area contributed by atoms with Gasteiger partial charge in [-0.25, -0.2) is 4.57 Å². The summed E-state index contributed by atoms with van der Waals surface area (Å²) in [6, 6.07) is 0. The number of ether oxygens (including phenoxy) is 2. The van der Waals surface area contributed by atoms with Gasteiger partial charge in [0, 0.05) is 19.6 Å². The maximum absolute atomic E-state index is 12.7. The number of unbranched alkanes of at least 4 members (excludes halogenated alkanes) is 21. The van der Waals surface area contributed by atoms with E-state index < -0.39 is 13.9 Å². The van der Waals surface area contributed by atoms with Gasteiger partial charge in [0.25, 0.3) is 0 Å². The third-order valence-electron chi connectivity index (χ3n) is 11.0. The van der Waals surface area contributed by atoms with Crippen LogP contribution in [0.3, 0.4) is 0 Å². The lowest BCUT2D eigenvalue weighted by Gasteiger charge is -2.20. The lowest BCUT2D eigenvalue weighted by molar-refractivity contribution is -0.154. The molecule has 0 saturated carbocycles. The third kappa shape index (κ3) is 52.4. The fourth-order valence-electron chi connectivity index (χ4n) is 7.09. The summed E-state index contributed by atoms with van der Waals surface area (Å²) in [5, 5.41) is 0. The molecule has 0 fully saturated rings. The minimum atomic E-state index is -4.30. The molecule has 8 nitrogen and oxygen atoms in total. The van der Waals surface area contributed by atoms with Gasteiger partial charge in [0.2, 0.25) is 0 Å². The molecule has 3 N–H and O–H groups in total. The summed E-state index contributed by atoms with van der Waals surface area (Å²) in [4.78, 5) is 22.6. The predicted molar refractivity (Wildman–Crippen MR) is 284 cm³/mol. The van der Waals surface area contributed by atoms with Crippen LogP contribution in [0.4, 0.5) is 0 Å². The Labute approximate surface area is 406 Å². The van der Waals surface area contributed by atoms with Crippen molar-refractivity contribution < 1.29 is 32.8 Å². The van der Waals surface area contributed by atoms with Crippen LogP contribution in [-0.4, -0.2) is 49.9 Å². The first-order valence-electron chi connectivity index (χ1n) is 26.7. The summed E-state index contributed by atoms with van der Waals surface area (Å²) in [5.41, 5.74) is 5.39. The molecule has 380 valence electrons. The van der Waals surface area contributed by atoms with Crippen LogP contribution < -0.4 is 5.73 Å². The smallest absolute Gasteiger partial charge is 0.457 e. The molecule has 0 aliphatic carbocycles. The van der Waals surface area contributed by atoms with Crippen LogP contribution in [0.15, 0.2) is 97.2 Å². The largest absolute Gasteiger partial charge is 0.472 e. The quantitative estimate of drug-likeness (QED) is 0.0268. The zero-order chi connectivity index (χ0) is 48.0. The second-order valence-corrected chi connectivity index (χ2v) is 18.8. The van der Waals surface area contributed by atoms with Gasteiger partial charge in [-0.3, -0.25) is 13.8 Å². The van der Waals surface area contributed by atoms with Crippen molar-refractivity contribution in [3.63, 3.8) is 0 Å². The highest BCUT2D eigenvalue weighted by Crippen LogP contribution is 2.43. The molecular weight excluding hydrogens is 842 g/mol. The van der Waals surface area contributed by atoms with Crippen molar-refractivity contribution in [2.45, 2.75) is 225 Å². The zero-order valence-electron chi connectivity index (χ0n) is 42.4. The molecule has 0 radical (unpaired) electrons. The number of phosphoric acid groups is 1. The molecule has 0 aromatic rings. The summed E-state index contributed by atoms with van der Waals surface area (Å²) < 4.78 is 33.6. The van der Waals surface area contributed by atoms with Crippen LogP contribution in [-0.2, 0) is 27.9 Å². The van der Waals surface area contributed by atoms with E-state index in [1.807, 2.05) is 0 Å². The number of allylic oxidation sites excluding steroid dienone is 16. The van der Waals surface area contributed by atoms with Crippen LogP contribution in [0, 0.1) is 0 Å². The van der Waals surface area contributed by atoms with E-state index in [9.17, 15) is 14.3 Å². The lowest BCUT2D eigenvalue weighted by Crippen LogP contribution is -2.28. The van der Waals surface area contributed by atoms with E-state index in [2.05, 4.69) is 111 Å². The highest BCUT2D eigenvalue weighted by molar-refractivity contribution is 7.47. The number of rotatable bonds is 50. The molecule has 0 bridgehead atoms. The molecule has 0 heterocycles. The summed E-state index contributed by atoms with van der Waals surface area (Å²) in [6.45, 7) is 4.76. The Hall–Kier alpha value is -2.58. The normalized spacial score (nSPS) is 14.1. The van der Waals surface area contributed by atoms with Crippen LogP contribution in [0.2, 0.25) is 0 Å². The standard InChI is InChI=1S/C57H100NO7P/c1-3-5-7-9-11-13-15-17-19-21-23-25-27-29-31-33-35-37-39-41-43-45-47-49-52-62-54-56(55-64-66(60,61)63-53-51-58)65-57(59)50-48-46-44-42-40-38-36-34-32-30-28-26-24-22-20-18-16-14-12-10-8-6-4-2/h5,7,11,13,16-19,22-25,28-31,56H,3-4,6,8-10,12,14-15,20-21,26-27,32-55,58H2,1-2H3,(H,60,61)/b7-5-,13-11-,18-16-,19-17-,24-22-,25-23-,30-28-,31-29-. The highest BCUT2D eigenvalue weighted by Gasteiger charge is 2.25. The average Bonchev–Trinajstić information content (AvgIpc) is 3.31. The zero-order valence-corrected chi connectivity index (χ0v) is 43.3. The first-order chi connectivity index (χ1) is 32.4. The molecule has 2 atom stereocenters. The minimum Gasteiger partial charge on any atom is -0.457 e. The molecule has 0 saturated heterocycles. The van der Waals surface area contributed by atoms with Gasteiger partial charge >= 0.3 is 13.8 Å². The number of carbonyl (C=O) groups is 1. The van der Waals surface area contributed by atoms with Gasteiger partial charge in [0.15, 0.2) is 0 Å². The van der Waals surface area contributed by atoms with Gasteiger partial charge in [-0.2, -0.15) is 0 Å². The van der Waals surface area contributed by atoms with Crippen LogP contribution >= 0.6 is 7.82 Å². The molecular formula is C57H100NO7P. The fourth-order valence-corrected chi connectivity index (χ4v) is 7.85. The van der Waals surface area contributed by atoms with Crippen molar-refractivity contribution >= 4 is 13.8 Å². The molecule has 0 amide bonds. The van der Waals surface area contributed by atoms with Crippen molar-refractivity contribution in [3.05, 3.63) is 97.2 Å². The molecule has 9 heteroatoms. The van der Waals surface area contributed by atoms with Gasteiger partial charge in [0.05, 0.1) is 19.8 Å². The molecule has 66 heavy (non-hydrogen) atoms. The number of hydrogen-bond donors (Lipinski definition) is 2. The maximum Gasteiger partial charge on any atom is 0.472 e. The molecule has 0 aromatic heterocycles. The number of hydrogen-bond acceptors (Lipinski definition) is 7. The highest BCUT2D eigenvalue weighted by atomic mass is 31.2. The first kappa shape index (κ1) is 63.4. The van der Waals surface area contributed by atoms with Gasteiger partial charge in [-0.05, 0) is 96.3 Å². The van der Waals surface area contributed by atoms with Gasteiger partial charge in [0.1, 0.15) is 6.10 Å². The van der Waals surface area contributed by atoms with Crippen molar-refractivity contribution in [1.82, 2.24) is 0 Å². The monoisotopic (exact) mass is 942 g/mol. The van der Waals surface area contributed by atoms with E-state index in [4.69, 9.17) is 24.3 Å². The Morgan fingerprint density at radius 1 is 0.470 bits per heavy atom. The Morgan fingerprint density at radius 3 is 1.27 bits per heavy atom. The van der Waals surface area contributed by atoms with Crippen molar-refractivity contribution in [3.8, 4) is 0 Å². The molecule has 0 rings (SSSR count). The van der Waals surface area contributed by atoms with E-state index in [0.29, 0.717) is 13.0 Å². The summed E-state index contributed by atoms with van der Waals surface area (Å²) >= 11 is 0. The number of carbonyl (C=O) groups excluding carboxylic acids is 1. The second kappa shape index (κ2) is 53.4. The Bertz CT molecular complexity index is 1330. The SMILES string of the molecule is CC/C=C\C/C=C\C/C=C\C/C=C\C/C=C\CCCCCCCCCCOCC(COP(=O)(O)OCCN)OC(=O)CCCCCCCCCC/C=C\C/C=C\C/C=C\CCCCCCC. The maximum atomic E-state index is 12.7. The Balaban J connectivity index is 4.00. The first-order valence-corrected chi connectivity index (χ1v) is 28.2. The molecule has 2 unspecified atom stereocenters. The average molecular weight is 942 g/mol. The Morgan fingerprint density at radius 2 is 0.848 bits per heavy atom. The van der Waals surface area contributed by atoms with Crippen LogP contribution in [0.5, 0.6) is 0 Å². The van der Waals surface area contributed by atoms with Gasteiger partial charge in [-0.1, -0.05) is 214 Å². The number of esters is 1. The van der Waals surface area contributed by atoms with E-state index in [-0.39, 0.29) is 32.3 Å². The molecule has 0 aliphatic rings. The summed E-state index contributed by atoms with van der Waals surface area (Å²) in [6.07, 6.45) is 71.5. The topological polar surface area (TPSA) is 117 Å².